The molecule has 2 heterocycles. The highest BCUT2D eigenvalue weighted by Gasteiger charge is 2.25. The molecule has 1 aromatic heterocycles. The summed E-state index contributed by atoms with van der Waals surface area (Å²) in [6.45, 7) is 2.41. The molecule has 0 spiro atoms. The van der Waals surface area contributed by atoms with Gasteiger partial charge in [-0.15, -0.1) is 0 Å². The van der Waals surface area contributed by atoms with Gasteiger partial charge in [-0.25, -0.2) is 0 Å². The van der Waals surface area contributed by atoms with Gasteiger partial charge in [-0.1, -0.05) is 6.92 Å². The first-order valence-electron chi connectivity index (χ1n) is 5.20. The summed E-state index contributed by atoms with van der Waals surface area (Å²) in [4.78, 5) is 17.9. The Morgan fingerprint density at radius 3 is 3.12 bits per heavy atom. The monoisotopic (exact) mass is 225 g/mol. The summed E-state index contributed by atoms with van der Waals surface area (Å²) in [7, 11) is 0. The second kappa shape index (κ2) is 4.01. The number of nitrogens with zero attached hydrogens (tertiary/aromatic N) is 1. The van der Waals surface area contributed by atoms with Gasteiger partial charge in [0.1, 0.15) is 11.5 Å². The molecule has 0 bridgehead atoms. The van der Waals surface area contributed by atoms with Crippen LogP contribution in [0.5, 0.6) is 0 Å². The number of anilines is 3. The lowest BCUT2D eigenvalue weighted by Gasteiger charge is -2.30. The third kappa shape index (κ3) is 1.81. The maximum Gasteiger partial charge on any atom is 0.300 e. The van der Waals surface area contributed by atoms with Crippen molar-refractivity contribution in [2.24, 2.45) is 0 Å². The Bertz CT molecular complexity index is 444. The van der Waals surface area contributed by atoms with Gasteiger partial charge in [0.15, 0.2) is 0 Å². The van der Waals surface area contributed by atoms with Crippen LogP contribution in [0.3, 0.4) is 0 Å². The highest BCUT2D eigenvalue weighted by molar-refractivity contribution is 5.67. The third-order valence-electron chi connectivity index (χ3n) is 2.65. The molecule has 1 aromatic rings. The molecular formula is C9H15N5O2. The molecule has 16 heavy (non-hydrogen) atoms. The summed E-state index contributed by atoms with van der Waals surface area (Å²) in [6.07, 6.45) is 0.118. The fourth-order valence-electron chi connectivity index (χ4n) is 1.72. The molecule has 0 radical (unpaired) electrons. The van der Waals surface area contributed by atoms with Crippen LogP contribution in [0.15, 0.2) is 4.79 Å². The summed E-state index contributed by atoms with van der Waals surface area (Å²) in [5, 5.41) is 15.7. The molecule has 7 heteroatoms. The van der Waals surface area contributed by atoms with Crippen LogP contribution < -0.4 is 21.9 Å². The van der Waals surface area contributed by atoms with Crippen LogP contribution in [0.1, 0.15) is 13.3 Å². The largest absolute Gasteiger partial charge is 0.391 e. The zero-order valence-corrected chi connectivity index (χ0v) is 8.95. The maximum absolute atomic E-state index is 11.5. The summed E-state index contributed by atoms with van der Waals surface area (Å²) in [6, 6.07) is -0.191. The highest BCUT2D eigenvalue weighted by atomic mass is 16.3. The summed E-state index contributed by atoms with van der Waals surface area (Å²) >= 11 is 0. The number of rotatable bonds is 2. The number of aromatic nitrogens is 2. The number of aliphatic hydroxyl groups is 1. The lowest BCUT2D eigenvalue weighted by molar-refractivity contribution is 0.151. The van der Waals surface area contributed by atoms with E-state index in [1.807, 2.05) is 6.92 Å². The van der Waals surface area contributed by atoms with Crippen molar-refractivity contribution in [3.05, 3.63) is 10.4 Å². The number of aromatic amines is 1. The van der Waals surface area contributed by atoms with E-state index in [1.54, 1.807) is 0 Å². The lowest BCUT2D eigenvalue weighted by atomic mass is 10.1. The Balaban J connectivity index is 2.30. The number of nitrogens with one attached hydrogen (secondary N) is 3. The van der Waals surface area contributed by atoms with Crippen LogP contribution in [0.2, 0.25) is 0 Å². The van der Waals surface area contributed by atoms with E-state index in [1.165, 1.54) is 0 Å². The van der Waals surface area contributed by atoms with Crippen LogP contribution in [0.25, 0.3) is 0 Å². The minimum absolute atomic E-state index is 0.0764. The fraction of sp³-hybridized carbons (Fsp3) is 0.556. The van der Waals surface area contributed by atoms with Crippen LogP contribution in [0, 0.1) is 0 Å². The van der Waals surface area contributed by atoms with Crippen molar-refractivity contribution in [3.63, 3.8) is 0 Å². The van der Waals surface area contributed by atoms with E-state index < -0.39 is 11.7 Å². The van der Waals surface area contributed by atoms with E-state index >= 15 is 0 Å². The normalized spacial score (nSPS) is 20.5. The number of nitrogens with two attached hydrogens (primary N) is 1. The van der Waals surface area contributed by atoms with Crippen molar-refractivity contribution in [1.29, 1.82) is 0 Å². The van der Waals surface area contributed by atoms with Crippen molar-refractivity contribution >= 4 is 17.5 Å². The quantitative estimate of drug-likeness (QED) is 0.456. The molecular weight excluding hydrogens is 210 g/mol. The van der Waals surface area contributed by atoms with Gasteiger partial charge in [-0.3, -0.25) is 4.79 Å². The molecule has 6 N–H and O–H groups in total. The van der Waals surface area contributed by atoms with Crippen LogP contribution in [-0.2, 0) is 0 Å². The summed E-state index contributed by atoms with van der Waals surface area (Å²) in [5.74, 6) is 0.601. The third-order valence-corrected chi connectivity index (χ3v) is 2.65. The summed E-state index contributed by atoms with van der Waals surface area (Å²) in [5.41, 5.74) is 5.33. The van der Waals surface area contributed by atoms with Crippen LogP contribution in [0.4, 0.5) is 17.5 Å². The van der Waals surface area contributed by atoms with Gasteiger partial charge < -0.3 is 26.5 Å². The van der Waals surface area contributed by atoms with Crippen molar-refractivity contribution in [3.8, 4) is 0 Å². The number of aliphatic hydroxyl groups excluding tert-OH is 1. The molecule has 2 unspecified atom stereocenters. The number of hydrogen-bond donors (Lipinski definition) is 5. The number of hydrogen-bond acceptors (Lipinski definition) is 6. The molecule has 0 aromatic carbocycles. The van der Waals surface area contributed by atoms with Crippen molar-refractivity contribution in [1.82, 2.24) is 9.97 Å². The molecule has 1 aliphatic rings. The first-order chi connectivity index (χ1) is 7.61. The Kier molecular flexibility index (Phi) is 2.69. The lowest BCUT2D eigenvalue weighted by Crippen LogP contribution is -2.44. The molecule has 0 saturated carbocycles. The average molecular weight is 225 g/mol. The predicted octanol–water partition coefficient (Wildman–Crippen LogP) is -0.671. The topological polar surface area (TPSA) is 116 Å². The molecule has 0 fully saturated rings. The van der Waals surface area contributed by atoms with Gasteiger partial charge in [0, 0.05) is 6.54 Å². The van der Waals surface area contributed by atoms with Gasteiger partial charge in [0.25, 0.3) is 5.56 Å². The van der Waals surface area contributed by atoms with E-state index in [-0.39, 0.29) is 12.0 Å². The van der Waals surface area contributed by atoms with Crippen molar-refractivity contribution in [2.45, 2.75) is 25.5 Å². The zero-order valence-electron chi connectivity index (χ0n) is 8.95. The molecule has 0 aliphatic carbocycles. The molecule has 2 rings (SSSR count). The average Bonchev–Trinajstić information content (AvgIpc) is 2.27. The smallest absolute Gasteiger partial charge is 0.300 e. The Hall–Kier alpha value is -1.76. The first kappa shape index (κ1) is 10.7. The van der Waals surface area contributed by atoms with E-state index in [2.05, 4.69) is 20.6 Å². The Morgan fingerprint density at radius 1 is 1.69 bits per heavy atom. The minimum Gasteiger partial charge on any atom is -0.391 e. The van der Waals surface area contributed by atoms with Gasteiger partial charge in [-0.05, 0) is 6.42 Å². The van der Waals surface area contributed by atoms with Gasteiger partial charge in [0.2, 0.25) is 5.95 Å². The second-order valence-electron chi connectivity index (χ2n) is 3.78. The number of fused-ring (bicyclic) bond motifs is 1. The van der Waals surface area contributed by atoms with E-state index in [0.717, 1.165) is 0 Å². The second-order valence-corrected chi connectivity index (χ2v) is 3.78. The minimum atomic E-state index is -0.502. The maximum atomic E-state index is 11.5. The van der Waals surface area contributed by atoms with Gasteiger partial charge >= 0.3 is 0 Å². The van der Waals surface area contributed by atoms with E-state index in [9.17, 15) is 9.90 Å². The van der Waals surface area contributed by atoms with Crippen molar-refractivity contribution < 1.29 is 5.11 Å². The Labute approximate surface area is 92.1 Å². The summed E-state index contributed by atoms with van der Waals surface area (Å²) < 4.78 is 0. The van der Waals surface area contributed by atoms with Crippen LogP contribution >= 0.6 is 0 Å². The van der Waals surface area contributed by atoms with E-state index in [4.69, 9.17) is 5.73 Å². The van der Waals surface area contributed by atoms with Gasteiger partial charge in [-0.2, -0.15) is 4.98 Å². The Morgan fingerprint density at radius 2 is 2.44 bits per heavy atom. The molecule has 7 nitrogen and oxygen atoms in total. The number of nitrogen functional groups attached to an aromatic ring is 1. The molecule has 0 amide bonds. The molecule has 1 aliphatic heterocycles. The van der Waals surface area contributed by atoms with Crippen LogP contribution in [-0.4, -0.2) is 33.8 Å². The predicted molar refractivity (Wildman–Crippen MR) is 61.5 cm³/mol. The van der Waals surface area contributed by atoms with Gasteiger partial charge in [0.05, 0.1) is 12.1 Å². The molecule has 0 saturated heterocycles. The molecule has 2 atom stereocenters. The van der Waals surface area contributed by atoms with Crippen molar-refractivity contribution in [2.75, 3.05) is 22.9 Å². The number of H-pyrrole nitrogens is 1. The zero-order chi connectivity index (χ0) is 11.7. The SMILES string of the molecule is CCC(O)C1CNc2[nH]c(N)nc(=O)c2N1. The van der Waals surface area contributed by atoms with E-state index in [0.29, 0.717) is 24.5 Å². The highest BCUT2D eigenvalue weighted by Crippen LogP contribution is 2.21. The fourth-order valence-corrected chi connectivity index (χ4v) is 1.72. The first-order valence-corrected chi connectivity index (χ1v) is 5.20. The molecule has 88 valence electrons. The standard InChI is InChI=1S/C9H15N5O2/c1-2-5(15)4-3-11-7-6(12-4)8(16)14-9(10)13-7/h4-5,12,15H,2-3H2,1H3,(H4,10,11,13,14,16).